The molecule has 2 aromatic carbocycles. The van der Waals surface area contributed by atoms with Crippen LogP contribution >= 0.6 is 23.2 Å². The molecule has 1 unspecified atom stereocenters. The second-order valence-electron chi connectivity index (χ2n) is 4.10. The van der Waals surface area contributed by atoms with E-state index in [4.69, 9.17) is 27.9 Å². The molecular weight excluding hydrogens is 285 g/mol. The number of nitrogens with one attached hydrogen (secondary N) is 1. The summed E-state index contributed by atoms with van der Waals surface area (Å²) in [5, 5.41) is 3.65. The van der Waals surface area contributed by atoms with Gasteiger partial charge in [0.2, 0.25) is 6.23 Å². The van der Waals surface area contributed by atoms with Gasteiger partial charge in [0.15, 0.2) is 0 Å². The minimum Gasteiger partial charge on any atom is -0.465 e. The molecule has 1 atom stereocenters. The van der Waals surface area contributed by atoms with Gasteiger partial charge in [-0.25, -0.2) is 0 Å². The van der Waals surface area contributed by atoms with Gasteiger partial charge >= 0.3 is 0 Å². The maximum Gasteiger partial charge on any atom is 0.258 e. The number of benzene rings is 2. The second kappa shape index (κ2) is 4.76. The minimum atomic E-state index is -0.677. The quantitative estimate of drug-likeness (QED) is 0.868. The number of halogens is 2. The van der Waals surface area contributed by atoms with Crippen molar-refractivity contribution in [3.05, 3.63) is 63.6 Å². The van der Waals surface area contributed by atoms with Gasteiger partial charge in [-0.2, -0.15) is 0 Å². The summed E-state index contributed by atoms with van der Waals surface area (Å²) in [6.07, 6.45) is -0.677. The predicted molar refractivity (Wildman–Crippen MR) is 73.7 cm³/mol. The van der Waals surface area contributed by atoms with Gasteiger partial charge in [0, 0.05) is 0 Å². The molecular formula is C14H9Cl2NO2. The number of rotatable bonds is 1. The van der Waals surface area contributed by atoms with Crippen molar-refractivity contribution in [2.75, 3.05) is 0 Å². The number of hydrogen-bond donors (Lipinski definition) is 1. The number of fused-ring (bicyclic) bond motifs is 1. The van der Waals surface area contributed by atoms with Gasteiger partial charge in [-0.15, -0.1) is 0 Å². The van der Waals surface area contributed by atoms with E-state index >= 15 is 0 Å². The Labute approximate surface area is 120 Å². The van der Waals surface area contributed by atoms with E-state index in [0.717, 1.165) is 0 Å². The molecule has 0 bridgehead atoms. The van der Waals surface area contributed by atoms with Gasteiger partial charge in [-0.05, 0) is 24.3 Å². The zero-order valence-electron chi connectivity index (χ0n) is 9.69. The number of carbonyl (C=O) groups is 1. The molecule has 96 valence electrons. The van der Waals surface area contributed by atoms with Gasteiger partial charge < -0.3 is 10.1 Å². The summed E-state index contributed by atoms with van der Waals surface area (Å²) in [7, 11) is 0. The molecule has 0 saturated carbocycles. The third-order valence-corrected chi connectivity index (χ3v) is 3.56. The predicted octanol–water partition coefficient (Wildman–Crippen LogP) is 3.81. The Morgan fingerprint density at radius 3 is 2.42 bits per heavy atom. The molecule has 0 spiro atoms. The van der Waals surface area contributed by atoms with Gasteiger partial charge in [0.1, 0.15) is 5.75 Å². The number of ether oxygens (including phenoxy) is 1. The van der Waals surface area contributed by atoms with E-state index in [1.54, 1.807) is 36.4 Å². The van der Waals surface area contributed by atoms with E-state index < -0.39 is 6.23 Å². The first-order chi connectivity index (χ1) is 9.16. The molecule has 0 radical (unpaired) electrons. The van der Waals surface area contributed by atoms with Crippen LogP contribution in [0.1, 0.15) is 22.1 Å². The van der Waals surface area contributed by atoms with Crippen LogP contribution in [0, 0.1) is 0 Å². The molecule has 0 aliphatic carbocycles. The summed E-state index contributed by atoms with van der Waals surface area (Å²) in [6, 6.07) is 12.2. The molecule has 0 aromatic heterocycles. The molecule has 5 heteroatoms. The number of para-hydroxylation sites is 1. The van der Waals surface area contributed by atoms with Crippen LogP contribution in [-0.4, -0.2) is 5.91 Å². The number of hydrogen-bond acceptors (Lipinski definition) is 2. The molecule has 2 aromatic rings. The van der Waals surface area contributed by atoms with Crippen molar-refractivity contribution in [2.24, 2.45) is 0 Å². The third kappa shape index (κ3) is 2.15. The Bertz CT molecular complexity index is 637. The summed E-state index contributed by atoms with van der Waals surface area (Å²) in [6.45, 7) is 0. The lowest BCUT2D eigenvalue weighted by Gasteiger charge is -2.28. The van der Waals surface area contributed by atoms with Crippen LogP contribution in [0.3, 0.4) is 0 Å². The molecule has 1 aliphatic rings. The van der Waals surface area contributed by atoms with Gasteiger partial charge in [-0.1, -0.05) is 41.4 Å². The first kappa shape index (κ1) is 12.3. The fourth-order valence-corrected chi connectivity index (χ4v) is 2.60. The molecule has 3 nitrogen and oxygen atoms in total. The van der Waals surface area contributed by atoms with E-state index in [-0.39, 0.29) is 5.91 Å². The Kier molecular flexibility index (Phi) is 3.09. The Hall–Kier alpha value is -1.71. The average molecular weight is 294 g/mol. The SMILES string of the molecule is O=C1NC(c2c(Cl)cccc2Cl)Oc2ccccc21. The van der Waals surface area contributed by atoms with Crippen LogP contribution in [0.15, 0.2) is 42.5 Å². The highest BCUT2D eigenvalue weighted by atomic mass is 35.5. The van der Waals surface area contributed by atoms with Crippen LogP contribution in [-0.2, 0) is 0 Å². The molecule has 1 N–H and O–H groups in total. The van der Waals surface area contributed by atoms with Crippen molar-refractivity contribution in [3.63, 3.8) is 0 Å². The van der Waals surface area contributed by atoms with Crippen LogP contribution in [0.5, 0.6) is 5.75 Å². The monoisotopic (exact) mass is 293 g/mol. The topological polar surface area (TPSA) is 38.3 Å². The van der Waals surface area contributed by atoms with Crippen molar-refractivity contribution in [1.29, 1.82) is 0 Å². The highest BCUT2D eigenvalue weighted by Crippen LogP contribution is 2.35. The second-order valence-corrected chi connectivity index (χ2v) is 4.92. The first-order valence-electron chi connectivity index (χ1n) is 5.67. The lowest BCUT2D eigenvalue weighted by molar-refractivity contribution is 0.0757. The summed E-state index contributed by atoms with van der Waals surface area (Å²) < 4.78 is 5.75. The molecule has 1 amide bonds. The molecule has 3 rings (SSSR count). The van der Waals surface area contributed by atoms with Crippen LogP contribution in [0.4, 0.5) is 0 Å². The smallest absolute Gasteiger partial charge is 0.258 e. The average Bonchev–Trinajstić information content (AvgIpc) is 2.38. The van der Waals surface area contributed by atoms with E-state index in [2.05, 4.69) is 5.32 Å². The fourth-order valence-electron chi connectivity index (χ4n) is 2.00. The fraction of sp³-hybridized carbons (Fsp3) is 0.0714. The summed E-state index contributed by atoms with van der Waals surface area (Å²) in [5.74, 6) is 0.315. The van der Waals surface area contributed by atoms with Crippen molar-refractivity contribution < 1.29 is 9.53 Å². The summed E-state index contributed by atoms with van der Waals surface area (Å²) in [4.78, 5) is 12.0. The zero-order chi connectivity index (χ0) is 13.4. The largest absolute Gasteiger partial charge is 0.465 e. The third-order valence-electron chi connectivity index (χ3n) is 2.90. The van der Waals surface area contributed by atoms with Crippen LogP contribution in [0.25, 0.3) is 0 Å². The summed E-state index contributed by atoms with van der Waals surface area (Å²) >= 11 is 12.2. The lowest BCUT2D eigenvalue weighted by Crippen LogP contribution is -2.37. The highest BCUT2D eigenvalue weighted by Gasteiger charge is 2.28. The van der Waals surface area contributed by atoms with Crippen LogP contribution in [0.2, 0.25) is 10.0 Å². The highest BCUT2D eigenvalue weighted by molar-refractivity contribution is 6.36. The number of amides is 1. The zero-order valence-corrected chi connectivity index (χ0v) is 11.2. The summed E-state index contributed by atoms with van der Waals surface area (Å²) in [5.41, 5.74) is 1.07. The van der Waals surface area contributed by atoms with Crippen molar-refractivity contribution >= 4 is 29.1 Å². The lowest BCUT2D eigenvalue weighted by atomic mass is 10.1. The molecule has 0 saturated heterocycles. The Morgan fingerprint density at radius 2 is 1.68 bits per heavy atom. The molecule has 1 aliphatic heterocycles. The molecule has 0 fully saturated rings. The van der Waals surface area contributed by atoms with E-state index in [1.165, 1.54) is 0 Å². The molecule has 1 heterocycles. The van der Waals surface area contributed by atoms with E-state index in [9.17, 15) is 4.79 Å². The first-order valence-corrected chi connectivity index (χ1v) is 6.43. The molecule has 19 heavy (non-hydrogen) atoms. The minimum absolute atomic E-state index is 0.206. The Morgan fingerprint density at radius 1 is 1.00 bits per heavy atom. The van der Waals surface area contributed by atoms with Gasteiger partial charge in [-0.3, -0.25) is 4.79 Å². The van der Waals surface area contributed by atoms with Gasteiger partial charge in [0.25, 0.3) is 5.91 Å². The van der Waals surface area contributed by atoms with Gasteiger partial charge in [0.05, 0.1) is 21.2 Å². The van der Waals surface area contributed by atoms with Crippen molar-refractivity contribution in [2.45, 2.75) is 6.23 Å². The maximum atomic E-state index is 12.0. The van der Waals surface area contributed by atoms with E-state index in [0.29, 0.717) is 26.9 Å². The van der Waals surface area contributed by atoms with Crippen LogP contribution < -0.4 is 10.1 Å². The van der Waals surface area contributed by atoms with Crippen molar-refractivity contribution in [1.82, 2.24) is 5.32 Å². The maximum absolute atomic E-state index is 12.0. The Balaban J connectivity index is 2.04. The number of carbonyl (C=O) groups excluding carboxylic acids is 1. The normalized spacial score (nSPS) is 17.4. The van der Waals surface area contributed by atoms with Crippen molar-refractivity contribution in [3.8, 4) is 5.75 Å². The van der Waals surface area contributed by atoms with E-state index in [1.807, 2.05) is 6.07 Å². The standard InChI is InChI=1S/C14H9Cl2NO2/c15-9-5-3-6-10(16)12(9)14-17-13(18)8-4-1-2-7-11(8)19-14/h1-7,14H,(H,17,18).